The largest absolute Gasteiger partial charge is 0.496 e. The normalized spacial score (nSPS) is 24.0. The molecule has 6 heteroatoms. The van der Waals surface area contributed by atoms with E-state index in [0.29, 0.717) is 42.8 Å². The summed E-state index contributed by atoms with van der Waals surface area (Å²) in [7, 11) is 1.59. The van der Waals surface area contributed by atoms with Gasteiger partial charge in [-0.15, -0.1) is 0 Å². The molecule has 2 fully saturated rings. The number of likely N-dealkylation sites (tertiary alicyclic amines) is 1. The fourth-order valence-electron chi connectivity index (χ4n) is 5.27. The molecule has 2 atom stereocenters. The predicted molar refractivity (Wildman–Crippen MR) is 115 cm³/mol. The first-order chi connectivity index (χ1) is 14.3. The van der Waals surface area contributed by atoms with E-state index in [0.717, 1.165) is 42.2 Å². The van der Waals surface area contributed by atoms with E-state index in [1.165, 1.54) is 0 Å². The molecule has 0 bridgehead atoms. The first kappa shape index (κ1) is 20.9. The highest BCUT2D eigenvalue weighted by Gasteiger charge is 2.43. The number of carbonyl (C=O) groups excluding carboxylic acids is 1. The lowest BCUT2D eigenvalue weighted by molar-refractivity contribution is -0.143. The number of rotatable bonds is 4. The van der Waals surface area contributed by atoms with Crippen molar-refractivity contribution in [3.05, 3.63) is 39.2 Å². The lowest BCUT2D eigenvalue weighted by Gasteiger charge is -2.47. The molecule has 1 aromatic heterocycles. The smallest absolute Gasteiger partial charge is 0.339 e. The van der Waals surface area contributed by atoms with Crippen molar-refractivity contribution < 1.29 is 19.1 Å². The van der Waals surface area contributed by atoms with Crippen LogP contribution in [0, 0.1) is 19.8 Å². The van der Waals surface area contributed by atoms with Gasteiger partial charge in [0.2, 0.25) is 5.91 Å². The molecule has 4 rings (SSSR count). The molecule has 2 heterocycles. The number of aryl methyl sites for hydroxylation is 2. The maximum absolute atomic E-state index is 12.9. The van der Waals surface area contributed by atoms with Gasteiger partial charge in [0.25, 0.3) is 0 Å². The van der Waals surface area contributed by atoms with Crippen LogP contribution in [0.5, 0.6) is 5.75 Å². The van der Waals surface area contributed by atoms with Crippen LogP contribution < -0.4 is 10.4 Å². The Morgan fingerprint density at radius 3 is 2.83 bits per heavy atom. The van der Waals surface area contributed by atoms with Gasteiger partial charge in [0, 0.05) is 41.9 Å². The minimum absolute atomic E-state index is 0.0485. The minimum atomic E-state index is -0.593. The maximum Gasteiger partial charge on any atom is 0.339 e. The molecule has 0 unspecified atom stereocenters. The van der Waals surface area contributed by atoms with Gasteiger partial charge in [-0.3, -0.25) is 4.79 Å². The molecule has 2 aromatic rings. The zero-order valence-electron chi connectivity index (χ0n) is 18.1. The van der Waals surface area contributed by atoms with Gasteiger partial charge in [-0.25, -0.2) is 4.79 Å². The number of aliphatic hydroxyl groups is 1. The molecule has 2 aliphatic rings. The Hall–Kier alpha value is -2.34. The van der Waals surface area contributed by atoms with Gasteiger partial charge < -0.3 is 19.2 Å². The van der Waals surface area contributed by atoms with Crippen LogP contribution in [0.2, 0.25) is 0 Å². The zero-order valence-corrected chi connectivity index (χ0v) is 18.1. The number of nitrogens with zero attached hydrogens (tertiary/aromatic N) is 1. The van der Waals surface area contributed by atoms with Gasteiger partial charge in [0.15, 0.2) is 0 Å². The van der Waals surface area contributed by atoms with Gasteiger partial charge in [-0.05, 0) is 57.2 Å². The zero-order chi connectivity index (χ0) is 21.5. The summed E-state index contributed by atoms with van der Waals surface area (Å²) in [6.45, 7) is 5.00. The molecule has 0 spiro atoms. The summed E-state index contributed by atoms with van der Waals surface area (Å²) in [6.07, 6.45) is 5.32. The third-order valence-corrected chi connectivity index (χ3v) is 7.24. The number of ether oxygens (including phenoxy) is 1. The van der Waals surface area contributed by atoms with E-state index >= 15 is 0 Å². The van der Waals surface area contributed by atoms with Crippen molar-refractivity contribution in [2.45, 2.75) is 64.4 Å². The fraction of sp³-hybridized carbons (Fsp3) is 0.583. The van der Waals surface area contributed by atoms with E-state index in [4.69, 9.17) is 9.15 Å². The van der Waals surface area contributed by atoms with Crippen LogP contribution in [-0.2, 0) is 11.2 Å². The summed E-state index contributed by atoms with van der Waals surface area (Å²) >= 11 is 0. The van der Waals surface area contributed by atoms with Gasteiger partial charge in [0.05, 0.1) is 12.7 Å². The quantitative estimate of drug-likeness (QED) is 0.776. The van der Waals surface area contributed by atoms with E-state index in [-0.39, 0.29) is 23.9 Å². The lowest BCUT2D eigenvalue weighted by atomic mass is 9.71. The van der Waals surface area contributed by atoms with E-state index in [2.05, 4.69) is 0 Å². The number of hydrogen-bond donors (Lipinski definition) is 1. The Morgan fingerprint density at radius 1 is 1.27 bits per heavy atom. The highest BCUT2D eigenvalue weighted by molar-refractivity contribution is 5.86. The standard InChI is InChI=1S/C24H31NO5/c1-15-18-7-9-20(29-3)16(2)22(18)30-23(27)19(15)8-10-21(26)25-13-12-24(28)11-5-4-6-17(24)14-25/h7,9,17,28H,4-6,8,10-14H2,1-3H3/t17-,24-/m0/s1. The summed E-state index contributed by atoms with van der Waals surface area (Å²) in [5.74, 6) is 0.905. The van der Waals surface area contributed by atoms with Crippen LogP contribution in [0.1, 0.15) is 55.2 Å². The number of carbonyl (C=O) groups is 1. The van der Waals surface area contributed by atoms with E-state index in [1.54, 1.807) is 7.11 Å². The summed E-state index contributed by atoms with van der Waals surface area (Å²) in [5.41, 5.74) is 1.78. The first-order valence-corrected chi connectivity index (χ1v) is 10.9. The van der Waals surface area contributed by atoms with Gasteiger partial charge in [0.1, 0.15) is 11.3 Å². The third kappa shape index (κ3) is 3.62. The Bertz CT molecular complexity index is 1030. The average molecular weight is 414 g/mol. The van der Waals surface area contributed by atoms with Gasteiger partial charge >= 0.3 is 5.63 Å². The highest BCUT2D eigenvalue weighted by Crippen LogP contribution is 2.40. The second-order valence-corrected chi connectivity index (χ2v) is 8.90. The third-order valence-electron chi connectivity index (χ3n) is 7.24. The molecule has 1 aliphatic carbocycles. The SMILES string of the molecule is COc1ccc2c(C)c(CCC(=O)N3CC[C@@]4(O)CCCC[C@H]4C3)c(=O)oc2c1C. The van der Waals surface area contributed by atoms with E-state index in [9.17, 15) is 14.7 Å². The molecular formula is C24H31NO5. The number of methoxy groups -OCH3 is 1. The molecular weight excluding hydrogens is 382 g/mol. The Kier molecular flexibility index (Phi) is 5.62. The molecule has 0 radical (unpaired) electrons. The second-order valence-electron chi connectivity index (χ2n) is 8.90. The molecule has 1 N–H and O–H groups in total. The summed E-state index contributed by atoms with van der Waals surface area (Å²) in [5, 5.41) is 11.7. The topological polar surface area (TPSA) is 80.0 Å². The van der Waals surface area contributed by atoms with Crippen LogP contribution in [0.3, 0.4) is 0 Å². The lowest BCUT2D eigenvalue weighted by Crippen LogP contribution is -2.54. The Morgan fingerprint density at radius 2 is 2.07 bits per heavy atom. The molecule has 162 valence electrons. The highest BCUT2D eigenvalue weighted by atomic mass is 16.5. The van der Waals surface area contributed by atoms with Gasteiger partial charge in [-0.1, -0.05) is 12.8 Å². The number of piperidine rings is 1. The molecule has 1 aromatic carbocycles. The molecule has 6 nitrogen and oxygen atoms in total. The molecule has 1 saturated heterocycles. The van der Waals surface area contributed by atoms with E-state index in [1.807, 2.05) is 30.9 Å². The maximum atomic E-state index is 12.9. The second kappa shape index (κ2) is 8.06. The number of fused-ring (bicyclic) bond motifs is 2. The monoisotopic (exact) mass is 413 g/mol. The Balaban J connectivity index is 1.50. The average Bonchev–Trinajstić information content (AvgIpc) is 2.73. The number of hydrogen-bond acceptors (Lipinski definition) is 5. The molecule has 1 saturated carbocycles. The minimum Gasteiger partial charge on any atom is -0.496 e. The van der Waals surface area contributed by atoms with Crippen LogP contribution in [0.15, 0.2) is 21.3 Å². The molecule has 1 aliphatic heterocycles. The van der Waals surface area contributed by atoms with Crippen LogP contribution in [0.4, 0.5) is 0 Å². The number of benzene rings is 1. The summed E-state index contributed by atoms with van der Waals surface area (Å²) < 4.78 is 10.9. The van der Waals surface area contributed by atoms with Crippen molar-refractivity contribution in [3.63, 3.8) is 0 Å². The fourth-order valence-corrected chi connectivity index (χ4v) is 5.27. The summed E-state index contributed by atoms with van der Waals surface area (Å²) in [6, 6.07) is 3.78. The van der Waals surface area contributed by atoms with E-state index < -0.39 is 5.60 Å². The van der Waals surface area contributed by atoms with Crippen molar-refractivity contribution >= 4 is 16.9 Å². The van der Waals surface area contributed by atoms with Crippen molar-refractivity contribution in [3.8, 4) is 5.75 Å². The van der Waals surface area contributed by atoms with Crippen LogP contribution in [-0.4, -0.2) is 41.7 Å². The Labute approximate surface area is 176 Å². The first-order valence-electron chi connectivity index (χ1n) is 10.9. The predicted octanol–water partition coefficient (Wildman–Crippen LogP) is 3.50. The summed E-state index contributed by atoms with van der Waals surface area (Å²) in [4.78, 5) is 27.4. The molecule has 30 heavy (non-hydrogen) atoms. The molecule has 1 amide bonds. The van der Waals surface area contributed by atoms with Crippen molar-refractivity contribution in [2.24, 2.45) is 5.92 Å². The van der Waals surface area contributed by atoms with Crippen molar-refractivity contribution in [1.29, 1.82) is 0 Å². The van der Waals surface area contributed by atoms with Crippen LogP contribution >= 0.6 is 0 Å². The van der Waals surface area contributed by atoms with Crippen molar-refractivity contribution in [1.82, 2.24) is 4.90 Å². The number of amides is 1. The van der Waals surface area contributed by atoms with Crippen molar-refractivity contribution in [2.75, 3.05) is 20.2 Å². The van der Waals surface area contributed by atoms with Crippen LogP contribution in [0.25, 0.3) is 11.0 Å². The van der Waals surface area contributed by atoms with Gasteiger partial charge in [-0.2, -0.15) is 0 Å².